The molecule has 0 fully saturated rings. The lowest BCUT2D eigenvalue weighted by molar-refractivity contribution is 0.0956. The first kappa shape index (κ1) is 13.7. The molecule has 0 saturated heterocycles. The van der Waals surface area contributed by atoms with Crippen LogP contribution in [0.1, 0.15) is 15.9 Å². The van der Waals surface area contributed by atoms with Crippen LogP contribution in [0.2, 0.25) is 0 Å². The van der Waals surface area contributed by atoms with Crippen LogP contribution in [-0.4, -0.2) is 28.2 Å². The van der Waals surface area contributed by atoms with E-state index in [1.807, 2.05) is 42.5 Å². The maximum Gasteiger partial charge on any atom is 0.253 e. The van der Waals surface area contributed by atoms with Gasteiger partial charge in [0.1, 0.15) is 5.82 Å². The van der Waals surface area contributed by atoms with Crippen molar-refractivity contribution in [3.8, 4) is 11.4 Å². The lowest BCUT2D eigenvalue weighted by Crippen LogP contribution is -2.24. The highest BCUT2D eigenvalue weighted by Gasteiger charge is 2.21. The van der Waals surface area contributed by atoms with Gasteiger partial charge in [-0.3, -0.25) is 4.79 Å². The average molecular weight is 304 g/mol. The summed E-state index contributed by atoms with van der Waals surface area (Å²) in [6.45, 7) is 1.30. The van der Waals surface area contributed by atoms with Crippen LogP contribution >= 0.6 is 0 Å². The van der Waals surface area contributed by atoms with E-state index in [2.05, 4.69) is 9.88 Å². The first-order valence-corrected chi connectivity index (χ1v) is 7.63. The Morgan fingerprint density at radius 3 is 2.83 bits per heavy atom. The number of hydrogen-bond donors (Lipinski definition) is 2. The van der Waals surface area contributed by atoms with Crippen LogP contribution in [0.25, 0.3) is 22.4 Å². The molecule has 114 valence electrons. The van der Waals surface area contributed by atoms with Gasteiger partial charge in [0.25, 0.3) is 5.91 Å². The molecule has 1 aromatic heterocycles. The number of carbonyl (C=O) groups is 1. The van der Waals surface area contributed by atoms with Crippen molar-refractivity contribution in [2.45, 2.75) is 13.0 Å². The summed E-state index contributed by atoms with van der Waals surface area (Å²) in [5.74, 6) is 0.840. The predicted octanol–water partition coefficient (Wildman–Crippen LogP) is 2.64. The van der Waals surface area contributed by atoms with Crippen molar-refractivity contribution in [2.24, 2.45) is 0 Å². The smallest absolute Gasteiger partial charge is 0.253 e. The van der Waals surface area contributed by atoms with E-state index >= 15 is 0 Å². The number of rotatable bonds is 3. The van der Waals surface area contributed by atoms with Gasteiger partial charge in [-0.25, -0.2) is 4.98 Å². The third-order valence-corrected chi connectivity index (χ3v) is 4.18. The van der Waals surface area contributed by atoms with Gasteiger partial charge in [-0.15, -0.1) is 0 Å². The summed E-state index contributed by atoms with van der Waals surface area (Å²) < 4.78 is 2.12. The Morgan fingerprint density at radius 1 is 1.22 bits per heavy atom. The maximum atomic E-state index is 12.2. The molecule has 0 atom stereocenters. The zero-order valence-corrected chi connectivity index (χ0v) is 12.5. The van der Waals surface area contributed by atoms with Crippen LogP contribution in [0.15, 0.2) is 42.5 Å². The molecule has 5 nitrogen and oxygen atoms in total. The van der Waals surface area contributed by atoms with E-state index in [0.717, 1.165) is 28.0 Å². The van der Waals surface area contributed by atoms with E-state index in [-0.39, 0.29) is 5.91 Å². The average Bonchev–Trinajstić information content (AvgIpc) is 2.85. The van der Waals surface area contributed by atoms with Crippen molar-refractivity contribution in [3.63, 3.8) is 0 Å². The second kappa shape index (κ2) is 5.35. The fourth-order valence-electron chi connectivity index (χ4n) is 3.09. The Labute approximate surface area is 133 Å². The normalized spacial score (nSPS) is 13.7. The summed E-state index contributed by atoms with van der Waals surface area (Å²) in [5.41, 5.74) is 4.56. The standard InChI is InChI=1S/C18H16N4O/c19-9-8-12-4-6-13(7-5-12)17-21-15-3-1-2-14-16(15)22(17)11-10-20-18(14)23/h1-7,9,19H,8,10-11H2,(H,20,23). The molecule has 3 aromatic rings. The van der Waals surface area contributed by atoms with Crippen molar-refractivity contribution in [2.75, 3.05) is 6.54 Å². The van der Waals surface area contributed by atoms with Crippen molar-refractivity contribution >= 4 is 23.2 Å². The zero-order chi connectivity index (χ0) is 15.8. The number of carbonyl (C=O) groups excluding carboxylic acids is 1. The zero-order valence-electron chi connectivity index (χ0n) is 12.5. The summed E-state index contributed by atoms with van der Waals surface area (Å²) in [6.07, 6.45) is 2.04. The van der Waals surface area contributed by atoms with Crippen LogP contribution in [-0.2, 0) is 13.0 Å². The fraction of sp³-hybridized carbons (Fsp3) is 0.167. The van der Waals surface area contributed by atoms with Gasteiger partial charge in [0.2, 0.25) is 0 Å². The minimum atomic E-state index is -0.0397. The van der Waals surface area contributed by atoms with Crippen molar-refractivity contribution in [3.05, 3.63) is 53.6 Å². The second-order valence-electron chi connectivity index (χ2n) is 5.62. The van der Waals surface area contributed by atoms with Gasteiger partial charge in [0.05, 0.1) is 16.6 Å². The van der Waals surface area contributed by atoms with Gasteiger partial charge < -0.3 is 15.3 Å². The molecule has 1 aliphatic rings. The summed E-state index contributed by atoms with van der Waals surface area (Å²) in [7, 11) is 0. The summed E-state index contributed by atoms with van der Waals surface area (Å²) >= 11 is 0. The first-order valence-electron chi connectivity index (χ1n) is 7.63. The molecule has 0 bridgehead atoms. The predicted molar refractivity (Wildman–Crippen MR) is 90.0 cm³/mol. The molecule has 5 heteroatoms. The van der Waals surface area contributed by atoms with Gasteiger partial charge in [-0.2, -0.15) is 0 Å². The molecular weight excluding hydrogens is 288 g/mol. The van der Waals surface area contributed by atoms with Crippen molar-refractivity contribution in [1.82, 2.24) is 14.9 Å². The number of amides is 1. The molecule has 0 radical (unpaired) electrons. The molecule has 2 N–H and O–H groups in total. The molecule has 4 rings (SSSR count). The van der Waals surface area contributed by atoms with Gasteiger partial charge in [0.15, 0.2) is 0 Å². The largest absolute Gasteiger partial charge is 0.350 e. The Balaban J connectivity index is 1.90. The molecular formula is C18H16N4O. The highest BCUT2D eigenvalue weighted by molar-refractivity contribution is 6.06. The first-order chi connectivity index (χ1) is 11.3. The van der Waals surface area contributed by atoms with Crippen LogP contribution in [0.5, 0.6) is 0 Å². The summed E-state index contributed by atoms with van der Waals surface area (Å²) in [5, 5.41) is 10.1. The quantitative estimate of drug-likeness (QED) is 0.730. The SMILES string of the molecule is N=CCc1ccc(-c2nc3cccc4c3n2CCNC4=O)cc1. The van der Waals surface area contributed by atoms with Gasteiger partial charge in [0, 0.05) is 25.1 Å². The fourth-order valence-corrected chi connectivity index (χ4v) is 3.09. The molecule has 2 aromatic carbocycles. The lowest BCUT2D eigenvalue weighted by atomic mass is 10.1. The summed E-state index contributed by atoms with van der Waals surface area (Å²) in [4.78, 5) is 16.9. The maximum absolute atomic E-state index is 12.2. The van der Waals surface area contributed by atoms with E-state index in [9.17, 15) is 4.79 Å². The van der Waals surface area contributed by atoms with Crippen LogP contribution in [0.4, 0.5) is 0 Å². The number of hydrogen-bond acceptors (Lipinski definition) is 3. The van der Waals surface area contributed by atoms with E-state index < -0.39 is 0 Å². The highest BCUT2D eigenvalue weighted by Crippen LogP contribution is 2.28. The lowest BCUT2D eigenvalue weighted by Gasteiger charge is -2.07. The Kier molecular flexibility index (Phi) is 3.19. The molecule has 0 spiro atoms. The van der Waals surface area contributed by atoms with Crippen LogP contribution in [0.3, 0.4) is 0 Å². The molecule has 23 heavy (non-hydrogen) atoms. The third kappa shape index (κ3) is 2.21. The van der Waals surface area contributed by atoms with Crippen LogP contribution in [0, 0.1) is 5.41 Å². The van der Waals surface area contributed by atoms with Crippen molar-refractivity contribution in [1.29, 1.82) is 5.41 Å². The Bertz CT molecular complexity index is 909. The number of nitrogens with one attached hydrogen (secondary N) is 2. The minimum Gasteiger partial charge on any atom is -0.350 e. The van der Waals surface area contributed by atoms with E-state index in [0.29, 0.717) is 25.1 Å². The molecule has 0 saturated carbocycles. The number of aromatic nitrogens is 2. The molecule has 0 aliphatic carbocycles. The molecule has 0 unspecified atom stereocenters. The molecule has 1 amide bonds. The van der Waals surface area contributed by atoms with E-state index in [4.69, 9.17) is 10.4 Å². The summed E-state index contributed by atoms with van der Waals surface area (Å²) in [6, 6.07) is 13.8. The monoisotopic (exact) mass is 304 g/mol. The van der Waals surface area contributed by atoms with Gasteiger partial charge >= 0.3 is 0 Å². The van der Waals surface area contributed by atoms with E-state index in [1.54, 1.807) is 0 Å². The van der Waals surface area contributed by atoms with Gasteiger partial charge in [-0.1, -0.05) is 30.3 Å². The second-order valence-corrected chi connectivity index (χ2v) is 5.62. The van der Waals surface area contributed by atoms with E-state index in [1.165, 1.54) is 6.21 Å². The third-order valence-electron chi connectivity index (χ3n) is 4.18. The Hall–Kier alpha value is -2.95. The van der Waals surface area contributed by atoms with Crippen molar-refractivity contribution < 1.29 is 4.79 Å². The molecule has 2 heterocycles. The Morgan fingerprint density at radius 2 is 2.04 bits per heavy atom. The number of benzene rings is 2. The molecule has 1 aliphatic heterocycles. The number of para-hydroxylation sites is 1. The topological polar surface area (TPSA) is 70.8 Å². The number of imidazole rings is 1. The number of nitrogens with zero attached hydrogens (tertiary/aromatic N) is 2. The minimum absolute atomic E-state index is 0.0397. The van der Waals surface area contributed by atoms with Crippen LogP contribution < -0.4 is 5.32 Å². The highest BCUT2D eigenvalue weighted by atomic mass is 16.1. The van der Waals surface area contributed by atoms with Gasteiger partial charge in [-0.05, 0) is 23.9 Å².